The number of nitrogens with one attached hydrogen (secondary N) is 2. The molecule has 1 fully saturated rings. The molecular formula is C17H19N3. The predicted molar refractivity (Wildman–Crippen MR) is 82.8 cm³/mol. The monoisotopic (exact) mass is 265 g/mol. The fourth-order valence-corrected chi connectivity index (χ4v) is 2.88. The lowest BCUT2D eigenvalue weighted by Crippen LogP contribution is -2.30. The molecule has 1 aliphatic heterocycles. The highest BCUT2D eigenvalue weighted by molar-refractivity contribution is 5.97. The molecule has 0 spiro atoms. The average molecular weight is 265 g/mol. The summed E-state index contributed by atoms with van der Waals surface area (Å²) in [6.45, 7) is 2.13. The second-order valence-electron chi connectivity index (χ2n) is 5.36. The first-order valence-electron chi connectivity index (χ1n) is 7.27. The van der Waals surface area contributed by atoms with Crippen LogP contribution in [0.1, 0.15) is 24.8 Å². The third-order valence-electron chi connectivity index (χ3n) is 3.95. The van der Waals surface area contributed by atoms with Gasteiger partial charge in [-0.3, -0.25) is 0 Å². The van der Waals surface area contributed by atoms with E-state index in [2.05, 4.69) is 22.8 Å². The Labute approximate surface area is 119 Å². The Balaban J connectivity index is 1.93. The molecule has 0 aliphatic carbocycles. The van der Waals surface area contributed by atoms with Crippen LogP contribution in [0.15, 0.2) is 36.4 Å². The highest BCUT2D eigenvalue weighted by Gasteiger charge is 2.13. The van der Waals surface area contributed by atoms with Crippen LogP contribution in [0.5, 0.6) is 0 Å². The lowest BCUT2D eigenvalue weighted by Gasteiger charge is -2.19. The number of nitriles is 1. The van der Waals surface area contributed by atoms with Gasteiger partial charge in [-0.15, -0.1) is 0 Å². The average Bonchev–Trinajstić information content (AvgIpc) is 2.76. The van der Waals surface area contributed by atoms with Crippen LogP contribution in [0.4, 0.5) is 5.69 Å². The Morgan fingerprint density at radius 1 is 1.10 bits per heavy atom. The van der Waals surface area contributed by atoms with E-state index in [1.807, 2.05) is 30.3 Å². The third-order valence-corrected chi connectivity index (χ3v) is 3.95. The minimum Gasteiger partial charge on any atom is -0.381 e. The minimum absolute atomic E-state index is 0.467. The summed E-state index contributed by atoms with van der Waals surface area (Å²) in [6, 6.07) is 14.8. The normalized spacial score (nSPS) is 19.2. The molecule has 3 nitrogen and oxygen atoms in total. The van der Waals surface area contributed by atoms with E-state index in [0.29, 0.717) is 6.04 Å². The van der Waals surface area contributed by atoms with Gasteiger partial charge < -0.3 is 10.6 Å². The van der Waals surface area contributed by atoms with Crippen LogP contribution in [-0.2, 0) is 0 Å². The van der Waals surface area contributed by atoms with Crippen LogP contribution < -0.4 is 10.6 Å². The number of benzene rings is 2. The summed E-state index contributed by atoms with van der Waals surface area (Å²) in [4.78, 5) is 0. The Morgan fingerprint density at radius 2 is 1.95 bits per heavy atom. The second kappa shape index (κ2) is 5.94. The number of anilines is 1. The van der Waals surface area contributed by atoms with Crippen molar-refractivity contribution in [2.24, 2.45) is 0 Å². The van der Waals surface area contributed by atoms with Crippen molar-refractivity contribution in [3.8, 4) is 6.07 Å². The van der Waals surface area contributed by atoms with Gasteiger partial charge in [0.25, 0.3) is 0 Å². The van der Waals surface area contributed by atoms with Gasteiger partial charge in [0.05, 0.1) is 11.6 Å². The number of fused-ring (bicyclic) bond motifs is 1. The standard InChI is InChI=1S/C17H19N3/c18-11-13-8-9-17(16-7-2-1-6-15(13)16)20-14-5-3-4-10-19-12-14/h1-2,6-9,14,19-20H,3-5,10,12H2. The molecule has 102 valence electrons. The third kappa shape index (κ3) is 2.61. The molecule has 20 heavy (non-hydrogen) atoms. The van der Waals surface area contributed by atoms with Crippen molar-refractivity contribution in [2.75, 3.05) is 18.4 Å². The van der Waals surface area contributed by atoms with E-state index in [9.17, 15) is 5.26 Å². The van der Waals surface area contributed by atoms with Gasteiger partial charge in [-0.25, -0.2) is 0 Å². The molecular weight excluding hydrogens is 246 g/mol. The Morgan fingerprint density at radius 3 is 2.80 bits per heavy atom. The molecule has 0 bridgehead atoms. The van der Waals surface area contributed by atoms with Crippen LogP contribution in [0.3, 0.4) is 0 Å². The van der Waals surface area contributed by atoms with E-state index < -0.39 is 0 Å². The zero-order valence-electron chi connectivity index (χ0n) is 11.5. The lowest BCUT2D eigenvalue weighted by atomic mass is 10.0. The predicted octanol–water partition coefficient (Wildman–Crippen LogP) is 3.27. The van der Waals surface area contributed by atoms with Crippen molar-refractivity contribution >= 4 is 16.5 Å². The van der Waals surface area contributed by atoms with Crippen LogP contribution >= 0.6 is 0 Å². The van der Waals surface area contributed by atoms with Crippen molar-refractivity contribution in [3.05, 3.63) is 42.0 Å². The maximum Gasteiger partial charge on any atom is 0.0998 e. The first kappa shape index (κ1) is 13.0. The maximum atomic E-state index is 9.20. The Bertz CT molecular complexity index is 634. The molecule has 1 saturated heterocycles. The summed E-state index contributed by atoms with van der Waals surface area (Å²) in [6.07, 6.45) is 3.71. The van der Waals surface area contributed by atoms with Gasteiger partial charge in [-0.2, -0.15) is 5.26 Å². The smallest absolute Gasteiger partial charge is 0.0998 e. The quantitative estimate of drug-likeness (QED) is 0.876. The topological polar surface area (TPSA) is 47.9 Å². The van der Waals surface area contributed by atoms with Gasteiger partial charge in [0.2, 0.25) is 0 Å². The maximum absolute atomic E-state index is 9.20. The zero-order chi connectivity index (χ0) is 13.8. The molecule has 2 aromatic rings. The summed E-state index contributed by atoms with van der Waals surface area (Å²) in [5, 5.41) is 18.5. The SMILES string of the molecule is N#Cc1ccc(NC2CCCCNC2)c2ccccc12. The molecule has 0 aromatic heterocycles. The second-order valence-corrected chi connectivity index (χ2v) is 5.36. The molecule has 1 unspecified atom stereocenters. The van der Waals surface area contributed by atoms with Gasteiger partial charge in [0, 0.05) is 29.0 Å². The largest absolute Gasteiger partial charge is 0.381 e. The highest BCUT2D eigenvalue weighted by Crippen LogP contribution is 2.27. The molecule has 0 saturated carbocycles. The zero-order valence-corrected chi connectivity index (χ0v) is 11.5. The summed E-state index contributed by atoms with van der Waals surface area (Å²) in [5.41, 5.74) is 1.87. The first-order chi connectivity index (χ1) is 9.88. The van der Waals surface area contributed by atoms with Crippen LogP contribution in [-0.4, -0.2) is 19.1 Å². The summed E-state index contributed by atoms with van der Waals surface area (Å²) >= 11 is 0. The van der Waals surface area contributed by atoms with Gasteiger partial charge >= 0.3 is 0 Å². The number of rotatable bonds is 2. The van der Waals surface area contributed by atoms with E-state index in [4.69, 9.17) is 0 Å². The van der Waals surface area contributed by atoms with Gasteiger partial charge in [-0.05, 0) is 31.5 Å². The van der Waals surface area contributed by atoms with E-state index in [-0.39, 0.29) is 0 Å². The molecule has 0 radical (unpaired) electrons. The molecule has 1 aliphatic rings. The number of nitrogens with zero attached hydrogens (tertiary/aromatic N) is 1. The van der Waals surface area contributed by atoms with Gasteiger partial charge in [0.15, 0.2) is 0 Å². The van der Waals surface area contributed by atoms with Crippen molar-refractivity contribution in [2.45, 2.75) is 25.3 Å². The first-order valence-corrected chi connectivity index (χ1v) is 7.27. The van der Waals surface area contributed by atoms with Crippen molar-refractivity contribution in [3.63, 3.8) is 0 Å². The van der Waals surface area contributed by atoms with E-state index in [1.54, 1.807) is 0 Å². The molecule has 2 aromatic carbocycles. The van der Waals surface area contributed by atoms with Crippen LogP contribution in [0.25, 0.3) is 10.8 Å². The Hall–Kier alpha value is -2.05. The highest BCUT2D eigenvalue weighted by atomic mass is 15.0. The summed E-state index contributed by atoms with van der Waals surface area (Å²) in [5.74, 6) is 0. The van der Waals surface area contributed by atoms with E-state index >= 15 is 0 Å². The summed E-state index contributed by atoms with van der Waals surface area (Å²) in [7, 11) is 0. The van der Waals surface area contributed by atoms with Gasteiger partial charge in [0.1, 0.15) is 0 Å². The molecule has 1 atom stereocenters. The van der Waals surface area contributed by atoms with Crippen LogP contribution in [0, 0.1) is 11.3 Å². The van der Waals surface area contributed by atoms with Gasteiger partial charge in [-0.1, -0.05) is 30.7 Å². The lowest BCUT2D eigenvalue weighted by molar-refractivity contribution is 0.637. The molecule has 3 heteroatoms. The molecule has 3 rings (SSSR count). The minimum atomic E-state index is 0.467. The van der Waals surface area contributed by atoms with Crippen molar-refractivity contribution in [1.82, 2.24) is 5.32 Å². The molecule has 1 heterocycles. The molecule has 2 N–H and O–H groups in total. The fraction of sp³-hybridized carbons (Fsp3) is 0.353. The number of hydrogen-bond acceptors (Lipinski definition) is 3. The van der Waals surface area contributed by atoms with Crippen molar-refractivity contribution < 1.29 is 0 Å². The molecule has 0 amide bonds. The van der Waals surface area contributed by atoms with Crippen LogP contribution in [0.2, 0.25) is 0 Å². The summed E-state index contributed by atoms with van der Waals surface area (Å²) < 4.78 is 0. The fourth-order valence-electron chi connectivity index (χ4n) is 2.88. The van der Waals surface area contributed by atoms with E-state index in [0.717, 1.165) is 35.1 Å². The Kier molecular flexibility index (Phi) is 3.85. The number of hydrogen-bond donors (Lipinski definition) is 2. The van der Waals surface area contributed by atoms with Crippen molar-refractivity contribution in [1.29, 1.82) is 5.26 Å². The van der Waals surface area contributed by atoms with E-state index in [1.165, 1.54) is 19.3 Å².